The average molecular weight is 293 g/mol. The van der Waals surface area contributed by atoms with E-state index in [0.29, 0.717) is 10.6 Å². The molecule has 3 rings (SSSR count). The number of allylic oxidation sites excluding steroid dienone is 1. The topological polar surface area (TPSA) is 67.4 Å². The van der Waals surface area contributed by atoms with Crippen LogP contribution in [0.2, 0.25) is 0 Å². The zero-order chi connectivity index (χ0) is 14.7. The molecule has 5 nitrogen and oxygen atoms in total. The summed E-state index contributed by atoms with van der Waals surface area (Å²) in [6.45, 7) is 0. The molecule has 6 heteroatoms. The second-order valence-electron chi connectivity index (χ2n) is 4.39. The summed E-state index contributed by atoms with van der Waals surface area (Å²) in [6.07, 6.45) is 8.82. The van der Waals surface area contributed by atoms with E-state index in [1.807, 2.05) is 30.8 Å². The lowest BCUT2D eigenvalue weighted by Crippen LogP contribution is -1.84. The first-order chi connectivity index (χ1) is 10.3. The normalized spacial score (nSPS) is 11.3. The van der Waals surface area contributed by atoms with E-state index in [1.165, 1.54) is 11.3 Å². The summed E-state index contributed by atoms with van der Waals surface area (Å²) < 4.78 is 1.70. The number of rotatable bonds is 3. The number of hydrogen-bond acceptors (Lipinski definition) is 5. The fourth-order valence-electron chi connectivity index (χ4n) is 1.88. The molecule has 0 saturated heterocycles. The fraction of sp³-hybridized carbons (Fsp3) is 0.0667. The van der Waals surface area contributed by atoms with Gasteiger partial charge in [-0.05, 0) is 18.2 Å². The van der Waals surface area contributed by atoms with E-state index in [9.17, 15) is 5.26 Å². The van der Waals surface area contributed by atoms with Crippen molar-refractivity contribution in [1.29, 1.82) is 5.26 Å². The minimum absolute atomic E-state index is 0.535. The van der Waals surface area contributed by atoms with Crippen molar-refractivity contribution < 1.29 is 0 Å². The molecule has 102 valence electrons. The molecular weight excluding hydrogens is 282 g/mol. The molecule has 0 aromatic carbocycles. The molecule has 0 aliphatic rings. The Labute approximate surface area is 125 Å². The van der Waals surface area contributed by atoms with Crippen LogP contribution in [-0.4, -0.2) is 19.7 Å². The highest BCUT2D eigenvalue weighted by Crippen LogP contribution is 2.26. The quantitative estimate of drug-likeness (QED) is 0.696. The molecular formula is C15H11N5S. The third-order valence-corrected chi connectivity index (χ3v) is 3.74. The van der Waals surface area contributed by atoms with Gasteiger partial charge in [0.25, 0.3) is 0 Å². The fourth-order valence-corrected chi connectivity index (χ4v) is 2.67. The van der Waals surface area contributed by atoms with Gasteiger partial charge < -0.3 is 0 Å². The van der Waals surface area contributed by atoms with E-state index in [4.69, 9.17) is 0 Å². The van der Waals surface area contributed by atoms with Gasteiger partial charge in [0.05, 0.1) is 17.5 Å². The predicted octanol–water partition coefficient (Wildman–Crippen LogP) is 3.00. The number of thiazole rings is 1. The molecule has 0 N–H and O–H groups in total. The molecule has 0 aliphatic carbocycles. The summed E-state index contributed by atoms with van der Waals surface area (Å²) in [6, 6.07) is 6.00. The first-order valence-corrected chi connectivity index (χ1v) is 7.11. The Morgan fingerprint density at radius 3 is 2.86 bits per heavy atom. The molecule has 0 fully saturated rings. The highest BCUT2D eigenvalue weighted by molar-refractivity contribution is 7.11. The Bertz CT molecular complexity index is 823. The van der Waals surface area contributed by atoms with Gasteiger partial charge in [-0.25, -0.2) is 4.98 Å². The van der Waals surface area contributed by atoms with Crippen LogP contribution in [0.25, 0.3) is 22.9 Å². The van der Waals surface area contributed by atoms with E-state index in [2.05, 4.69) is 21.1 Å². The molecule has 0 spiro atoms. The van der Waals surface area contributed by atoms with Crippen molar-refractivity contribution in [3.05, 3.63) is 52.9 Å². The maximum Gasteiger partial charge on any atom is 0.134 e. The van der Waals surface area contributed by atoms with Gasteiger partial charge in [-0.3, -0.25) is 9.67 Å². The Kier molecular flexibility index (Phi) is 3.58. The van der Waals surface area contributed by atoms with Gasteiger partial charge in [0, 0.05) is 42.1 Å². The Balaban J connectivity index is 1.95. The number of nitrogens with zero attached hydrogens (tertiary/aromatic N) is 5. The Morgan fingerprint density at radius 1 is 1.38 bits per heavy atom. The number of hydrogen-bond donors (Lipinski definition) is 0. The molecule has 0 unspecified atom stereocenters. The van der Waals surface area contributed by atoms with E-state index in [0.717, 1.165) is 16.8 Å². The van der Waals surface area contributed by atoms with Gasteiger partial charge in [0.15, 0.2) is 0 Å². The lowest BCUT2D eigenvalue weighted by atomic mass is 10.2. The third-order valence-electron chi connectivity index (χ3n) is 2.87. The monoisotopic (exact) mass is 293 g/mol. The van der Waals surface area contributed by atoms with Crippen LogP contribution in [0.5, 0.6) is 0 Å². The average Bonchev–Trinajstić information content (AvgIpc) is 3.15. The minimum atomic E-state index is 0.535. The van der Waals surface area contributed by atoms with Crippen LogP contribution in [0.4, 0.5) is 0 Å². The summed E-state index contributed by atoms with van der Waals surface area (Å²) >= 11 is 1.45. The zero-order valence-corrected chi connectivity index (χ0v) is 12.1. The number of aryl methyl sites for hydroxylation is 1. The molecule has 0 saturated carbocycles. The van der Waals surface area contributed by atoms with Crippen LogP contribution < -0.4 is 0 Å². The summed E-state index contributed by atoms with van der Waals surface area (Å²) in [5, 5.41) is 16.1. The Hall–Kier alpha value is -2.78. The van der Waals surface area contributed by atoms with Gasteiger partial charge in [-0.2, -0.15) is 10.4 Å². The van der Waals surface area contributed by atoms with E-state index in [1.54, 1.807) is 29.3 Å². The van der Waals surface area contributed by atoms with Gasteiger partial charge in [-0.15, -0.1) is 11.3 Å². The highest BCUT2D eigenvalue weighted by atomic mass is 32.1. The lowest BCUT2D eigenvalue weighted by Gasteiger charge is -1.94. The van der Waals surface area contributed by atoms with Gasteiger partial charge >= 0.3 is 0 Å². The van der Waals surface area contributed by atoms with Crippen molar-refractivity contribution in [1.82, 2.24) is 19.7 Å². The molecule has 0 radical (unpaired) electrons. The van der Waals surface area contributed by atoms with Crippen molar-refractivity contribution in [3.8, 4) is 17.3 Å². The molecule has 21 heavy (non-hydrogen) atoms. The maximum absolute atomic E-state index is 9.34. The maximum atomic E-state index is 9.34. The molecule has 0 aliphatic heterocycles. The number of nitriles is 1. The van der Waals surface area contributed by atoms with Crippen LogP contribution in [0.1, 0.15) is 10.6 Å². The van der Waals surface area contributed by atoms with E-state index in [-0.39, 0.29) is 0 Å². The largest absolute Gasteiger partial charge is 0.275 e. The summed E-state index contributed by atoms with van der Waals surface area (Å²) in [7, 11) is 1.84. The molecule has 3 heterocycles. The Morgan fingerprint density at radius 2 is 2.19 bits per heavy atom. The summed E-state index contributed by atoms with van der Waals surface area (Å²) in [5.74, 6) is 0. The van der Waals surface area contributed by atoms with Crippen molar-refractivity contribution in [2.45, 2.75) is 0 Å². The van der Waals surface area contributed by atoms with Crippen LogP contribution in [0.3, 0.4) is 0 Å². The number of pyridine rings is 1. The van der Waals surface area contributed by atoms with Crippen LogP contribution >= 0.6 is 11.3 Å². The molecule has 3 aromatic heterocycles. The molecule has 0 amide bonds. The van der Waals surface area contributed by atoms with Gasteiger partial charge in [0.1, 0.15) is 11.1 Å². The van der Waals surface area contributed by atoms with Crippen molar-refractivity contribution in [3.63, 3.8) is 0 Å². The van der Waals surface area contributed by atoms with E-state index >= 15 is 0 Å². The third kappa shape index (κ3) is 2.88. The van der Waals surface area contributed by atoms with Gasteiger partial charge in [0.2, 0.25) is 0 Å². The second-order valence-corrected chi connectivity index (χ2v) is 5.25. The standard InChI is InChI=1S/C15H11N5S/c1-20-9-11(8-18-20)6-13(7-16)15-19-14(10-21-15)12-2-4-17-5-3-12/h2-6,8-10H,1H3/b13-6+. The first kappa shape index (κ1) is 13.2. The van der Waals surface area contributed by atoms with Crippen molar-refractivity contribution in [2.75, 3.05) is 0 Å². The van der Waals surface area contributed by atoms with Crippen LogP contribution in [-0.2, 0) is 7.05 Å². The van der Waals surface area contributed by atoms with Crippen molar-refractivity contribution >= 4 is 23.0 Å². The second kappa shape index (κ2) is 5.69. The highest BCUT2D eigenvalue weighted by Gasteiger charge is 2.09. The zero-order valence-electron chi connectivity index (χ0n) is 11.3. The van der Waals surface area contributed by atoms with Crippen LogP contribution in [0, 0.1) is 11.3 Å². The van der Waals surface area contributed by atoms with Crippen molar-refractivity contribution in [2.24, 2.45) is 7.05 Å². The first-order valence-electron chi connectivity index (χ1n) is 6.23. The molecule has 3 aromatic rings. The number of aromatic nitrogens is 4. The van der Waals surface area contributed by atoms with Crippen LogP contribution in [0.15, 0.2) is 42.3 Å². The molecule has 0 atom stereocenters. The van der Waals surface area contributed by atoms with E-state index < -0.39 is 0 Å². The smallest absolute Gasteiger partial charge is 0.134 e. The predicted molar refractivity (Wildman–Crippen MR) is 82.0 cm³/mol. The summed E-state index contributed by atoms with van der Waals surface area (Å²) in [5.41, 5.74) is 3.26. The van der Waals surface area contributed by atoms with Gasteiger partial charge in [-0.1, -0.05) is 0 Å². The SMILES string of the molecule is Cn1cc(/C=C(\C#N)c2nc(-c3ccncc3)cs2)cn1. The minimum Gasteiger partial charge on any atom is -0.275 e. The molecule has 0 bridgehead atoms. The summed E-state index contributed by atoms with van der Waals surface area (Å²) in [4.78, 5) is 8.52. The lowest BCUT2D eigenvalue weighted by molar-refractivity contribution is 0.767.